The molecule has 43 heavy (non-hydrogen) atoms. The molecule has 0 radical (unpaired) electrons. The van der Waals surface area contributed by atoms with Crippen LogP contribution in [0.5, 0.6) is 5.75 Å². The number of amides is 2. The zero-order chi connectivity index (χ0) is 31.1. The van der Waals surface area contributed by atoms with Gasteiger partial charge in [-0.3, -0.25) is 0 Å². The number of benzene rings is 2. The molecule has 0 spiro atoms. The largest absolute Gasteiger partial charge is 0.491 e. The van der Waals surface area contributed by atoms with Gasteiger partial charge >= 0.3 is 12.2 Å². The standard InChI is InChI=1S/C30H29ClF4N6O2/c1-16(2)15-43-25-6-4-5-17(3)26(25)41-27(18-7-8-24(22(32)11-18)38-29(36)42)20-14-40(10-9-23(20)39-41)28-21(31)12-19(13-37-28)30(33,34)35/h4-8,11-13,16H,9-10,14-15H2,1-3H3,(H3,36,38,42). The number of nitrogens with zero attached hydrogens (tertiary/aromatic N) is 4. The van der Waals surface area contributed by atoms with Gasteiger partial charge in [-0.25, -0.2) is 18.9 Å². The second kappa shape index (κ2) is 11.8. The van der Waals surface area contributed by atoms with E-state index in [4.69, 9.17) is 27.2 Å². The number of pyridine rings is 1. The van der Waals surface area contributed by atoms with Crippen molar-refractivity contribution in [2.75, 3.05) is 23.4 Å². The first-order valence-corrected chi connectivity index (χ1v) is 13.9. The lowest BCUT2D eigenvalue weighted by Crippen LogP contribution is -2.31. The summed E-state index contributed by atoms with van der Waals surface area (Å²) in [4.78, 5) is 17.2. The van der Waals surface area contributed by atoms with Crippen molar-refractivity contribution in [1.82, 2.24) is 14.8 Å². The number of urea groups is 1. The van der Waals surface area contributed by atoms with Gasteiger partial charge in [0.15, 0.2) is 0 Å². The number of ether oxygens (including phenoxy) is 1. The molecule has 1 aliphatic rings. The summed E-state index contributed by atoms with van der Waals surface area (Å²) in [5.74, 6) is 0.334. The number of rotatable bonds is 7. The summed E-state index contributed by atoms with van der Waals surface area (Å²) in [7, 11) is 0. The fourth-order valence-electron chi connectivity index (χ4n) is 5.00. The SMILES string of the molecule is Cc1cccc(OCC(C)C)c1-n1nc2c(c1-c1ccc(NC(N)=O)c(F)c1)CN(c1ncc(C(F)(F)F)cc1Cl)CC2. The number of nitrogens with one attached hydrogen (secondary N) is 1. The molecular formula is C30H29ClF4N6O2. The minimum atomic E-state index is -4.58. The minimum Gasteiger partial charge on any atom is -0.491 e. The van der Waals surface area contributed by atoms with Gasteiger partial charge in [-0.1, -0.05) is 43.6 Å². The molecule has 2 aromatic heterocycles. The Bertz CT molecular complexity index is 1690. The van der Waals surface area contributed by atoms with Crippen LogP contribution in [0.25, 0.3) is 16.9 Å². The Morgan fingerprint density at radius 3 is 2.63 bits per heavy atom. The highest BCUT2D eigenvalue weighted by Gasteiger charge is 2.33. The van der Waals surface area contributed by atoms with Crippen molar-refractivity contribution in [3.05, 3.63) is 81.9 Å². The molecule has 5 rings (SSSR count). The molecular weight excluding hydrogens is 588 g/mol. The Kier molecular flexibility index (Phi) is 8.24. The van der Waals surface area contributed by atoms with Crippen LogP contribution in [0.4, 0.5) is 33.9 Å². The van der Waals surface area contributed by atoms with E-state index in [0.717, 1.165) is 29.1 Å². The van der Waals surface area contributed by atoms with Crippen LogP contribution in [0.3, 0.4) is 0 Å². The van der Waals surface area contributed by atoms with E-state index in [-0.39, 0.29) is 29.0 Å². The third-order valence-corrected chi connectivity index (χ3v) is 7.25. The lowest BCUT2D eigenvalue weighted by Gasteiger charge is -2.29. The molecule has 2 aromatic carbocycles. The molecule has 3 heterocycles. The molecule has 0 saturated heterocycles. The molecule has 0 aliphatic carbocycles. The maximum atomic E-state index is 15.2. The number of hydrogen-bond donors (Lipinski definition) is 2. The van der Waals surface area contributed by atoms with Crippen LogP contribution in [0.2, 0.25) is 5.02 Å². The Hall–Kier alpha value is -4.32. The van der Waals surface area contributed by atoms with Crippen LogP contribution in [0, 0.1) is 18.7 Å². The van der Waals surface area contributed by atoms with E-state index in [0.29, 0.717) is 42.3 Å². The first kappa shape index (κ1) is 30.1. The van der Waals surface area contributed by atoms with E-state index in [1.54, 1.807) is 15.6 Å². The number of nitrogens with two attached hydrogens (primary N) is 1. The van der Waals surface area contributed by atoms with Gasteiger partial charge < -0.3 is 20.7 Å². The van der Waals surface area contributed by atoms with Gasteiger partial charge in [0.25, 0.3) is 0 Å². The van der Waals surface area contributed by atoms with Gasteiger partial charge in [-0.2, -0.15) is 18.3 Å². The molecule has 8 nitrogen and oxygen atoms in total. The lowest BCUT2D eigenvalue weighted by atomic mass is 10.00. The number of carbonyl (C=O) groups excluding carboxylic acids is 1. The maximum Gasteiger partial charge on any atom is 0.417 e. The van der Waals surface area contributed by atoms with E-state index in [1.165, 1.54) is 12.1 Å². The number of hydrogen-bond acceptors (Lipinski definition) is 5. The number of para-hydroxylation sites is 1. The highest BCUT2D eigenvalue weighted by Crippen LogP contribution is 2.40. The van der Waals surface area contributed by atoms with Crippen molar-refractivity contribution in [3.63, 3.8) is 0 Å². The van der Waals surface area contributed by atoms with E-state index in [9.17, 15) is 18.0 Å². The molecule has 226 valence electrons. The van der Waals surface area contributed by atoms with Gasteiger partial charge in [-0.05, 0) is 42.7 Å². The molecule has 2 amide bonds. The average molecular weight is 617 g/mol. The Morgan fingerprint density at radius 2 is 1.98 bits per heavy atom. The first-order valence-electron chi connectivity index (χ1n) is 13.5. The number of alkyl halides is 3. The number of carbonyl (C=O) groups is 1. The normalized spacial score (nSPS) is 13.3. The van der Waals surface area contributed by atoms with Crippen molar-refractivity contribution in [1.29, 1.82) is 0 Å². The van der Waals surface area contributed by atoms with Crippen LogP contribution < -0.4 is 20.7 Å². The smallest absolute Gasteiger partial charge is 0.417 e. The monoisotopic (exact) mass is 616 g/mol. The minimum absolute atomic E-state index is 0.0876. The number of halogens is 5. The van der Waals surface area contributed by atoms with Crippen molar-refractivity contribution >= 4 is 29.1 Å². The maximum absolute atomic E-state index is 15.2. The third kappa shape index (κ3) is 6.24. The summed E-state index contributed by atoms with van der Waals surface area (Å²) in [5, 5.41) is 7.06. The Balaban J connectivity index is 1.66. The van der Waals surface area contributed by atoms with E-state index in [1.807, 2.05) is 39.0 Å². The molecule has 0 saturated carbocycles. The molecule has 0 bridgehead atoms. The van der Waals surface area contributed by atoms with E-state index >= 15 is 4.39 Å². The highest BCUT2D eigenvalue weighted by molar-refractivity contribution is 6.33. The number of aromatic nitrogens is 3. The summed E-state index contributed by atoms with van der Waals surface area (Å²) >= 11 is 6.30. The second-order valence-electron chi connectivity index (χ2n) is 10.7. The summed E-state index contributed by atoms with van der Waals surface area (Å²) in [6, 6.07) is 9.90. The predicted octanol–water partition coefficient (Wildman–Crippen LogP) is 7.14. The van der Waals surface area contributed by atoms with Crippen LogP contribution in [-0.4, -0.2) is 33.9 Å². The third-order valence-electron chi connectivity index (χ3n) is 6.97. The molecule has 4 aromatic rings. The predicted molar refractivity (Wildman–Crippen MR) is 156 cm³/mol. The van der Waals surface area contributed by atoms with Crippen molar-refractivity contribution < 1.29 is 27.1 Å². The molecule has 0 atom stereocenters. The van der Waals surface area contributed by atoms with Crippen LogP contribution >= 0.6 is 11.6 Å². The second-order valence-corrected chi connectivity index (χ2v) is 11.1. The topological polar surface area (TPSA) is 98.3 Å². The van der Waals surface area contributed by atoms with Crippen molar-refractivity contribution in [3.8, 4) is 22.7 Å². The Labute approximate surface area is 250 Å². The fraction of sp³-hybridized carbons (Fsp3) is 0.300. The van der Waals surface area contributed by atoms with Crippen molar-refractivity contribution in [2.45, 2.75) is 39.9 Å². The quantitative estimate of drug-likeness (QED) is 0.215. The van der Waals surface area contributed by atoms with E-state index < -0.39 is 23.6 Å². The van der Waals surface area contributed by atoms with Gasteiger partial charge in [-0.15, -0.1) is 0 Å². The molecule has 0 unspecified atom stereocenters. The molecule has 1 aliphatic heterocycles. The van der Waals surface area contributed by atoms with Gasteiger partial charge in [0.1, 0.15) is 23.1 Å². The molecule has 3 N–H and O–H groups in total. The van der Waals surface area contributed by atoms with E-state index in [2.05, 4.69) is 10.3 Å². The average Bonchev–Trinajstić information content (AvgIpc) is 3.30. The summed E-state index contributed by atoms with van der Waals surface area (Å²) < 4.78 is 62.8. The summed E-state index contributed by atoms with van der Waals surface area (Å²) in [5.41, 5.74) is 8.14. The van der Waals surface area contributed by atoms with Crippen LogP contribution in [0.1, 0.15) is 36.2 Å². The zero-order valence-corrected chi connectivity index (χ0v) is 24.4. The zero-order valence-electron chi connectivity index (χ0n) is 23.6. The van der Waals surface area contributed by atoms with Gasteiger partial charge in [0.2, 0.25) is 0 Å². The molecule has 13 heteroatoms. The number of primary amides is 1. The lowest BCUT2D eigenvalue weighted by molar-refractivity contribution is -0.137. The Morgan fingerprint density at radius 1 is 1.21 bits per heavy atom. The number of anilines is 2. The highest BCUT2D eigenvalue weighted by atomic mass is 35.5. The fourth-order valence-corrected chi connectivity index (χ4v) is 5.29. The summed E-state index contributed by atoms with van der Waals surface area (Å²) in [6.45, 7) is 7.03. The van der Waals surface area contributed by atoms with Gasteiger partial charge in [0.05, 0.1) is 34.3 Å². The van der Waals surface area contributed by atoms with Crippen LogP contribution in [-0.2, 0) is 19.1 Å². The number of fused-ring (bicyclic) bond motifs is 1. The first-order chi connectivity index (χ1) is 20.3. The van der Waals surface area contributed by atoms with Gasteiger partial charge in [0, 0.05) is 36.8 Å². The number of aryl methyl sites for hydroxylation is 1. The van der Waals surface area contributed by atoms with Crippen LogP contribution in [0.15, 0.2) is 48.7 Å². The summed E-state index contributed by atoms with van der Waals surface area (Å²) in [6.07, 6.45) is -3.40. The van der Waals surface area contributed by atoms with Crippen molar-refractivity contribution in [2.24, 2.45) is 11.7 Å². The molecule has 0 fully saturated rings.